The van der Waals surface area contributed by atoms with Crippen LogP contribution < -0.4 is 4.18 Å². The zero-order valence-corrected chi connectivity index (χ0v) is 6.02. The van der Waals surface area contributed by atoms with Crippen molar-refractivity contribution in [2.24, 2.45) is 0 Å². The summed E-state index contributed by atoms with van der Waals surface area (Å²) in [5.41, 5.74) is 1.03. The summed E-state index contributed by atoms with van der Waals surface area (Å²) in [5, 5.41) is 1.81. The first-order valence-corrected chi connectivity index (χ1v) is 3.78. The van der Waals surface area contributed by atoms with Gasteiger partial charge in [-0.25, -0.2) is 0 Å². The van der Waals surface area contributed by atoms with Crippen LogP contribution in [0.5, 0.6) is 5.75 Å². The maximum atomic E-state index is 5.22. The van der Waals surface area contributed by atoms with Gasteiger partial charge in [0.1, 0.15) is 5.75 Å². The fraction of sp³-hybridized carbons (Fsp3) is 0. The number of fused-ring (bicyclic) bond motifs is 1. The van der Waals surface area contributed by atoms with E-state index in [4.69, 9.17) is 4.18 Å². The molecule has 49 valence electrons. The van der Waals surface area contributed by atoms with E-state index in [-0.39, 0.29) is 0 Å². The Bertz CT molecular complexity index is 268. The molecule has 1 heterocycles. The standard InChI is InChI=1S/C8H5OS/c1-2-4-8-7(3-1)5-6-10-9-8/h1-4,6H. The van der Waals surface area contributed by atoms with E-state index in [1.54, 1.807) is 0 Å². The van der Waals surface area contributed by atoms with Crippen molar-refractivity contribution in [3.8, 4) is 5.75 Å². The Morgan fingerprint density at radius 3 is 3.10 bits per heavy atom. The van der Waals surface area contributed by atoms with Gasteiger partial charge in [-0.15, -0.1) is 0 Å². The molecule has 0 spiro atoms. The van der Waals surface area contributed by atoms with E-state index in [0.717, 1.165) is 11.3 Å². The highest BCUT2D eigenvalue weighted by Crippen LogP contribution is 2.26. The topological polar surface area (TPSA) is 9.23 Å². The zero-order valence-electron chi connectivity index (χ0n) is 5.20. The van der Waals surface area contributed by atoms with Gasteiger partial charge < -0.3 is 4.18 Å². The first kappa shape index (κ1) is 5.86. The van der Waals surface area contributed by atoms with Gasteiger partial charge >= 0.3 is 0 Å². The average molecular weight is 149 g/mol. The van der Waals surface area contributed by atoms with Crippen molar-refractivity contribution < 1.29 is 4.18 Å². The fourth-order valence-corrected chi connectivity index (χ4v) is 1.29. The molecule has 0 unspecified atom stereocenters. The first-order chi connectivity index (χ1) is 4.97. The fourth-order valence-electron chi connectivity index (χ4n) is 0.822. The Balaban J connectivity index is 2.54. The molecule has 0 aromatic heterocycles. The van der Waals surface area contributed by atoms with Crippen LogP contribution in [-0.2, 0) is 0 Å². The minimum atomic E-state index is 0.898. The lowest BCUT2D eigenvalue weighted by Crippen LogP contribution is -1.87. The summed E-state index contributed by atoms with van der Waals surface area (Å²) in [6.45, 7) is 0. The molecular formula is C8H5OS. The molecule has 1 aliphatic rings. The number of rotatable bonds is 0. The smallest absolute Gasteiger partial charge is 0.145 e. The minimum absolute atomic E-state index is 0.898. The highest BCUT2D eigenvalue weighted by Gasteiger charge is 2.03. The molecule has 0 bridgehead atoms. The molecule has 0 saturated carbocycles. The van der Waals surface area contributed by atoms with Crippen LogP contribution in [0.3, 0.4) is 0 Å². The molecule has 0 amide bonds. The van der Waals surface area contributed by atoms with E-state index in [1.807, 2.05) is 29.7 Å². The van der Waals surface area contributed by atoms with Crippen molar-refractivity contribution in [1.29, 1.82) is 0 Å². The predicted molar refractivity (Wildman–Crippen MR) is 41.6 cm³/mol. The zero-order chi connectivity index (χ0) is 6.81. The summed E-state index contributed by atoms with van der Waals surface area (Å²) in [7, 11) is 0. The SMILES string of the molecule is [C]1=CSOc2ccccc21. The van der Waals surface area contributed by atoms with Gasteiger partial charge in [0.2, 0.25) is 0 Å². The van der Waals surface area contributed by atoms with Gasteiger partial charge in [0.15, 0.2) is 0 Å². The van der Waals surface area contributed by atoms with E-state index in [1.165, 1.54) is 12.0 Å². The van der Waals surface area contributed by atoms with E-state index in [0.29, 0.717) is 0 Å². The number of hydrogen-bond acceptors (Lipinski definition) is 2. The van der Waals surface area contributed by atoms with E-state index in [9.17, 15) is 0 Å². The van der Waals surface area contributed by atoms with Gasteiger partial charge in [-0.1, -0.05) is 18.2 Å². The molecule has 2 rings (SSSR count). The number of para-hydroxylation sites is 1. The minimum Gasteiger partial charge on any atom is -0.421 e. The average Bonchev–Trinajstić information content (AvgIpc) is 2.05. The quantitative estimate of drug-likeness (QED) is 0.524. The van der Waals surface area contributed by atoms with Gasteiger partial charge in [0, 0.05) is 17.0 Å². The summed E-state index contributed by atoms with van der Waals surface area (Å²) >= 11 is 1.30. The molecule has 2 heteroatoms. The van der Waals surface area contributed by atoms with E-state index in [2.05, 4.69) is 6.08 Å². The third kappa shape index (κ3) is 0.907. The summed E-state index contributed by atoms with van der Waals surface area (Å²) in [6, 6.07) is 7.83. The van der Waals surface area contributed by atoms with Crippen LogP contribution in [0.2, 0.25) is 0 Å². The lowest BCUT2D eigenvalue weighted by molar-refractivity contribution is 0.644. The maximum absolute atomic E-state index is 5.22. The van der Waals surface area contributed by atoms with Crippen LogP contribution in [0.1, 0.15) is 5.56 Å². The molecule has 0 aliphatic carbocycles. The van der Waals surface area contributed by atoms with Crippen LogP contribution in [0.15, 0.2) is 29.7 Å². The molecule has 0 atom stereocenters. The molecule has 0 N–H and O–H groups in total. The molecule has 0 saturated heterocycles. The van der Waals surface area contributed by atoms with Crippen LogP contribution in [0.25, 0.3) is 0 Å². The van der Waals surface area contributed by atoms with Crippen molar-refractivity contribution in [3.63, 3.8) is 0 Å². The Labute approximate surface area is 63.9 Å². The largest absolute Gasteiger partial charge is 0.421 e. The van der Waals surface area contributed by atoms with Crippen molar-refractivity contribution in [2.45, 2.75) is 0 Å². The second-order valence-corrected chi connectivity index (χ2v) is 2.53. The lowest BCUT2D eigenvalue weighted by atomic mass is 10.2. The normalized spacial score (nSPS) is 14.0. The molecule has 1 aliphatic heterocycles. The molecule has 1 aromatic carbocycles. The van der Waals surface area contributed by atoms with Crippen molar-refractivity contribution in [1.82, 2.24) is 0 Å². The van der Waals surface area contributed by atoms with Gasteiger partial charge in [0.05, 0.1) is 12.0 Å². The summed E-state index contributed by atoms with van der Waals surface area (Å²) in [4.78, 5) is 0. The molecule has 0 fully saturated rings. The van der Waals surface area contributed by atoms with Crippen LogP contribution in [0.4, 0.5) is 0 Å². The monoisotopic (exact) mass is 149 g/mol. The molecule has 1 nitrogen and oxygen atoms in total. The van der Waals surface area contributed by atoms with E-state index < -0.39 is 0 Å². The highest BCUT2D eigenvalue weighted by atomic mass is 32.2. The van der Waals surface area contributed by atoms with Crippen molar-refractivity contribution in [2.75, 3.05) is 0 Å². The summed E-state index contributed by atoms with van der Waals surface area (Å²) in [6.07, 6.45) is 3.08. The molecular weight excluding hydrogens is 144 g/mol. The highest BCUT2D eigenvalue weighted by molar-refractivity contribution is 7.97. The van der Waals surface area contributed by atoms with Crippen LogP contribution >= 0.6 is 12.0 Å². The summed E-state index contributed by atoms with van der Waals surface area (Å²) in [5.74, 6) is 0.898. The Hall–Kier alpha value is -0.890. The number of hydrogen-bond donors (Lipinski definition) is 0. The first-order valence-electron chi connectivity index (χ1n) is 2.97. The van der Waals surface area contributed by atoms with Crippen LogP contribution in [0, 0.1) is 6.08 Å². The van der Waals surface area contributed by atoms with Gasteiger partial charge in [-0.05, 0) is 6.07 Å². The van der Waals surface area contributed by atoms with Crippen molar-refractivity contribution >= 4 is 12.0 Å². The second-order valence-electron chi connectivity index (χ2n) is 1.94. The third-order valence-electron chi connectivity index (χ3n) is 1.29. The van der Waals surface area contributed by atoms with Gasteiger partial charge in [0.25, 0.3) is 0 Å². The second kappa shape index (κ2) is 2.39. The Morgan fingerprint density at radius 2 is 2.20 bits per heavy atom. The Kier molecular flexibility index (Phi) is 1.40. The molecule has 1 aromatic rings. The van der Waals surface area contributed by atoms with Gasteiger partial charge in [-0.2, -0.15) is 0 Å². The lowest BCUT2D eigenvalue weighted by Gasteiger charge is -2.07. The molecule has 1 radical (unpaired) electrons. The maximum Gasteiger partial charge on any atom is 0.145 e. The van der Waals surface area contributed by atoms with Gasteiger partial charge in [-0.3, -0.25) is 0 Å². The Morgan fingerprint density at radius 1 is 1.30 bits per heavy atom. The molecule has 10 heavy (non-hydrogen) atoms. The van der Waals surface area contributed by atoms with E-state index >= 15 is 0 Å². The number of benzene rings is 1. The van der Waals surface area contributed by atoms with Crippen molar-refractivity contribution in [3.05, 3.63) is 41.3 Å². The third-order valence-corrected chi connectivity index (χ3v) is 1.78. The predicted octanol–water partition coefficient (Wildman–Crippen LogP) is 2.39. The summed E-state index contributed by atoms with van der Waals surface area (Å²) < 4.78 is 5.22. The van der Waals surface area contributed by atoms with Crippen LogP contribution in [-0.4, -0.2) is 0 Å².